The highest BCUT2D eigenvalue weighted by atomic mass is 79.9. The van der Waals surface area contributed by atoms with Crippen LogP contribution in [0.4, 0.5) is 0 Å². The fraction of sp³-hybridized carbons (Fsp3) is 0.105. The summed E-state index contributed by atoms with van der Waals surface area (Å²) in [5.41, 5.74) is 38.1. The Morgan fingerprint density at radius 1 is 0.328 bits per heavy atom. The van der Waals surface area contributed by atoms with Crippen molar-refractivity contribution < 1.29 is 9.31 Å². The molecule has 8 aliphatic carbocycles. The highest BCUT2D eigenvalue weighted by Crippen LogP contribution is 2.71. The average molecular weight is 1630 g/mol. The van der Waals surface area contributed by atoms with E-state index in [0.29, 0.717) is 17.8 Å². The summed E-state index contributed by atoms with van der Waals surface area (Å²) >= 11 is 3.49. The zero-order chi connectivity index (χ0) is 81.1. The first kappa shape index (κ1) is 71.3. The van der Waals surface area contributed by atoms with E-state index in [1.165, 1.54) is 144 Å². The lowest BCUT2D eigenvalue weighted by atomic mass is 9.61. The molecule has 9 aliphatic rings. The maximum atomic E-state index is 6.63. The summed E-state index contributed by atoms with van der Waals surface area (Å²) < 4.78 is 18.8. The number of allylic oxidation sites excluding steroid dienone is 8. The summed E-state index contributed by atoms with van der Waals surface area (Å²) in [6, 6.07) is 126. The van der Waals surface area contributed by atoms with Gasteiger partial charge in [0.15, 0.2) is 0 Å². The topological polar surface area (TPSA) is 54.1 Å². The highest BCUT2D eigenvalue weighted by molar-refractivity contribution is 9.10. The fourth-order valence-corrected chi connectivity index (χ4v) is 23.2. The largest absolute Gasteiger partial charge is 0.494 e. The van der Waals surface area contributed by atoms with E-state index in [0.717, 1.165) is 66.2 Å². The number of hydrogen-bond acceptors (Lipinski definition) is 4. The number of fused-ring (bicyclic) bond motifs is 30. The number of imidazole rings is 2. The van der Waals surface area contributed by atoms with Crippen LogP contribution in [0, 0.1) is 23.7 Å². The summed E-state index contributed by atoms with van der Waals surface area (Å²) in [4.78, 5) is 9.98. The Morgan fingerprint density at radius 2 is 0.754 bits per heavy atom. The van der Waals surface area contributed by atoms with E-state index in [2.05, 4.69) is 417 Å². The predicted molar refractivity (Wildman–Crippen MR) is 505 cm³/mol. The van der Waals surface area contributed by atoms with Crippen LogP contribution in [0.1, 0.15) is 61.1 Å². The van der Waals surface area contributed by atoms with Gasteiger partial charge in [0.05, 0.1) is 38.7 Å². The van der Waals surface area contributed by atoms with Crippen LogP contribution in [0.2, 0.25) is 0 Å². The van der Waals surface area contributed by atoms with Crippen molar-refractivity contribution in [2.45, 2.75) is 49.7 Å². The monoisotopic (exact) mass is 1630 g/mol. The van der Waals surface area contributed by atoms with Crippen LogP contribution in [-0.2, 0) is 20.1 Å². The standard InChI is InChI=1S/C54H32N2.C41H35BO2.C19H13BrN2/c1-2-13-36(14-3-1)56-50-24-11-10-23-49(50)55-53(56)34-27-25-33(26-28-34)35-29-30-40-39-17-6-8-21-45(39)54(47(40)31-35)46-22-9-7-18-42(46)52-43-20-12-19-41-37-15-4-5-16-38(37)44(51(41)43)32-48(52)54;1-39(2)40(3,4)44-42(43-39)24-20-21-28-27-14-7-9-18-33(27)41(35(28)22-24)34-19-10-8-15-30(34)38-31-17-11-16-29-25-12-5-6-13-26(25)32(37(29)31)23-36(38)41;20-15-12-10-14(11-13-15)19-21-17-8-4-5-9-18(17)22(19)16-6-2-1-3-7-16/h1-32H;5-23,27-28,33,35H,1-4H3;1-13H. The second-order valence-electron chi connectivity index (χ2n) is 35.1. The molecule has 6 unspecified atom stereocenters. The Bertz CT molecular complexity index is 7620. The molecule has 6 atom stereocenters. The van der Waals surface area contributed by atoms with Crippen molar-refractivity contribution in [1.29, 1.82) is 0 Å². The smallest absolute Gasteiger partial charge is 0.399 e. The van der Waals surface area contributed by atoms with Gasteiger partial charge in [-0.15, -0.1) is 0 Å². The fourth-order valence-electron chi connectivity index (χ4n) is 22.9. The van der Waals surface area contributed by atoms with Crippen LogP contribution < -0.4 is 0 Å². The minimum atomic E-state index is -0.452. The summed E-state index contributed by atoms with van der Waals surface area (Å²) in [6.45, 7) is 8.59. The van der Waals surface area contributed by atoms with E-state index in [9.17, 15) is 0 Å². The van der Waals surface area contributed by atoms with Gasteiger partial charge in [0.2, 0.25) is 0 Å². The summed E-state index contributed by atoms with van der Waals surface area (Å²) in [5, 5.41) is 5.50. The first-order valence-corrected chi connectivity index (χ1v) is 43.6. The number of hydrogen-bond donors (Lipinski definition) is 0. The Morgan fingerprint density at radius 3 is 1.34 bits per heavy atom. The average Bonchev–Trinajstić information content (AvgIpc) is 1.50. The Hall–Kier alpha value is -13.6. The van der Waals surface area contributed by atoms with Gasteiger partial charge in [0, 0.05) is 32.4 Å². The van der Waals surface area contributed by atoms with Gasteiger partial charge in [-0.25, -0.2) is 9.97 Å². The number of rotatable bonds is 6. The first-order chi connectivity index (χ1) is 59.9. The van der Waals surface area contributed by atoms with Crippen molar-refractivity contribution >= 4 is 66.7 Å². The summed E-state index contributed by atoms with van der Waals surface area (Å²) in [7, 11) is -0.372. The summed E-state index contributed by atoms with van der Waals surface area (Å²) in [5.74, 6) is 3.30. The quantitative estimate of drug-likeness (QED) is 0.156. The molecule has 0 bridgehead atoms. The lowest BCUT2D eigenvalue weighted by molar-refractivity contribution is 0.00578. The third-order valence-electron chi connectivity index (χ3n) is 28.7. The Kier molecular flexibility index (Phi) is 15.6. The van der Waals surface area contributed by atoms with Crippen molar-refractivity contribution in [2.24, 2.45) is 23.7 Å². The van der Waals surface area contributed by atoms with E-state index in [1.807, 2.05) is 24.3 Å². The molecule has 0 radical (unpaired) electrons. The molecule has 1 saturated heterocycles. The van der Waals surface area contributed by atoms with E-state index < -0.39 is 5.41 Å². The molecule has 6 nitrogen and oxygen atoms in total. The first-order valence-electron chi connectivity index (χ1n) is 42.8. The number of para-hydroxylation sites is 6. The van der Waals surface area contributed by atoms with Crippen LogP contribution in [-0.4, -0.2) is 37.4 Å². The predicted octanol–water partition coefficient (Wildman–Crippen LogP) is 28.4. The van der Waals surface area contributed by atoms with Crippen molar-refractivity contribution in [1.82, 2.24) is 19.1 Å². The number of aromatic nitrogens is 4. The van der Waals surface area contributed by atoms with Gasteiger partial charge < -0.3 is 9.31 Å². The molecule has 3 heterocycles. The molecule has 0 N–H and O–H groups in total. The molecule has 2 fully saturated rings. The van der Waals surface area contributed by atoms with E-state index in [4.69, 9.17) is 19.3 Å². The number of halogens is 1. The van der Waals surface area contributed by atoms with Crippen LogP contribution in [0.3, 0.4) is 0 Å². The molecule has 8 heteroatoms. The van der Waals surface area contributed by atoms with Gasteiger partial charge in [0.1, 0.15) is 11.6 Å². The summed E-state index contributed by atoms with van der Waals surface area (Å²) in [6.07, 6.45) is 16.9. The van der Waals surface area contributed by atoms with Crippen molar-refractivity contribution in [3.63, 3.8) is 0 Å². The third-order valence-corrected chi connectivity index (χ3v) is 29.2. The molecular weight excluding hydrogens is 1550 g/mol. The molecule has 578 valence electrons. The van der Waals surface area contributed by atoms with Gasteiger partial charge in [0.25, 0.3) is 0 Å². The van der Waals surface area contributed by atoms with Crippen molar-refractivity contribution in [3.8, 4) is 123 Å². The van der Waals surface area contributed by atoms with Gasteiger partial charge in [-0.2, -0.15) is 0 Å². The van der Waals surface area contributed by atoms with Crippen LogP contribution >= 0.6 is 15.9 Å². The van der Waals surface area contributed by atoms with Crippen LogP contribution in [0.15, 0.2) is 398 Å². The van der Waals surface area contributed by atoms with Gasteiger partial charge >= 0.3 is 7.12 Å². The lowest BCUT2D eigenvalue weighted by Gasteiger charge is -2.39. The lowest BCUT2D eigenvalue weighted by Crippen LogP contribution is -2.41. The maximum absolute atomic E-state index is 6.63. The molecule has 18 aromatic rings. The Balaban J connectivity index is 0.000000110. The van der Waals surface area contributed by atoms with Crippen molar-refractivity contribution in [3.05, 3.63) is 432 Å². The van der Waals surface area contributed by atoms with Gasteiger partial charge in [-0.3, -0.25) is 9.13 Å². The second kappa shape index (κ2) is 26.7. The molecule has 1 saturated carbocycles. The number of benzene rings is 16. The van der Waals surface area contributed by atoms with Crippen molar-refractivity contribution in [2.75, 3.05) is 0 Å². The zero-order valence-electron chi connectivity index (χ0n) is 67.8. The molecule has 122 heavy (non-hydrogen) atoms. The molecule has 2 aromatic heterocycles. The maximum Gasteiger partial charge on any atom is 0.494 e. The van der Waals surface area contributed by atoms with Gasteiger partial charge in [-0.1, -0.05) is 325 Å². The number of nitrogens with zero attached hydrogens (tertiary/aromatic N) is 4. The minimum absolute atomic E-state index is 0.208. The normalized spacial score (nSPS) is 19.9. The second-order valence-corrected chi connectivity index (χ2v) is 36.0. The molecular formula is C114H80BBrN4O2. The SMILES string of the molecule is Brc1ccc(-c2nc3ccccc3n2-c2ccccc2)cc1.CC1(C)OB(C2=CC3C(C=C2)C2C=CC=CC2C32c3ccccc3-c3c2cc2c4c(cccc34)-c3ccccc3-2)OC1(C)C.c1ccc(-n2c(-c3ccc(-c4ccc5c(c4)C4(c6ccccc6-5)c5ccccc5-c5c4cc4c6c(cccc56)-c5ccccc5-4)cc3)nc3ccccc32)cc1. The van der Waals surface area contributed by atoms with E-state index in [-0.39, 0.29) is 29.7 Å². The third kappa shape index (κ3) is 10.0. The van der Waals surface area contributed by atoms with E-state index >= 15 is 0 Å². The molecule has 2 spiro atoms. The Labute approximate surface area is 718 Å². The van der Waals surface area contributed by atoms with Crippen LogP contribution in [0.5, 0.6) is 0 Å². The highest BCUT2D eigenvalue weighted by Gasteiger charge is 2.64. The zero-order valence-corrected chi connectivity index (χ0v) is 69.4. The minimum Gasteiger partial charge on any atom is -0.399 e. The van der Waals surface area contributed by atoms with Gasteiger partial charge in [-0.05, 0) is 280 Å². The molecule has 27 rings (SSSR count). The molecule has 0 amide bonds. The van der Waals surface area contributed by atoms with Crippen LogP contribution in [0.25, 0.3) is 167 Å². The molecule has 16 aromatic carbocycles. The van der Waals surface area contributed by atoms with E-state index in [1.54, 1.807) is 0 Å². The molecule has 1 aliphatic heterocycles.